The number of benzene rings is 2. The maximum absolute atomic E-state index is 14.2. The number of para-hydroxylation sites is 1. The van der Waals surface area contributed by atoms with E-state index in [1.807, 2.05) is 67.7 Å². The van der Waals surface area contributed by atoms with E-state index in [4.69, 9.17) is 4.98 Å². The molecule has 1 saturated heterocycles. The molecule has 4 heterocycles. The second-order valence-electron chi connectivity index (χ2n) is 10.9. The van der Waals surface area contributed by atoms with Gasteiger partial charge in [0.25, 0.3) is 0 Å². The van der Waals surface area contributed by atoms with E-state index in [0.717, 1.165) is 40.2 Å². The van der Waals surface area contributed by atoms with Gasteiger partial charge in [0.15, 0.2) is 0 Å². The fourth-order valence-electron chi connectivity index (χ4n) is 5.87. The Morgan fingerprint density at radius 3 is 2.58 bits per heavy atom. The van der Waals surface area contributed by atoms with Gasteiger partial charge in [-0.1, -0.05) is 47.7 Å². The standard InChI is InChI=1S/C30H34N8O2/c1-21-32-25-11-6-5-10-24(25)27(33-21)37-16-12-30(13-17-37)19-23-20-38(36-35-23)15-7-14-31-28(39)26(34-29(30)40)18-22-8-3-2-4-9-22/h2-6,8-11,20,26H,7,12-19H2,1H3,(H,31,39)(H,34,40)/t26-/m0/s1. The van der Waals surface area contributed by atoms with Gasteiger partial charge in [0.2, 0.25) is 11.8 Å². The molecule has 2 aliphatic heterocycles. The molecule has 10 nitrogen and oxygen atoms in total. The van der Waals surface area contributed by atoms with Crippen LogP contribution in [0.4, 0.5) is 5.82 Å². The summed E-state index contributed by atoms with van der Waals surface area (Å²) in [5.41, 5.74) is 1.99. The molecular formula is C30H34N8O2. The Hall–Kier alpha value is -4.34. The minimum absolute atomic E-state index is 0.110. The van der Waals surface area contributed by atoms with Crippen LogP contribution < -0.4 is 15.5 Å². The Morgan fingerprint density at radius 1 is 0.975 bits per heavy atom. The van der Waals surface area contributed by atoms with Crippen LogP contribution in [0.5, 0.6) is 0 Å². The van der Waals surface area contributed by atoms with Crippen LogP contribution in [0.15, 0.2) is 60.8 Å². The van der Waals surface area contributed by atoms with Gasteiger partial charge in [-0.25, -0.2) is 9.97 Å². The molecule has 2 amide bonds. The van der Waals surface area contributed by atoms with E-state index in [2.05, 4.69) is 30.8 Å². The number of rotatable bonds is 3. The lowest BCUT2D eigenvalue weighted by Gasteiger charge is -2.41. The SMILES string of the molecule is Cc1nc(N2CCC3(CC2)Cc2cn(nn2)CCCNC(=O)[C@H](Cc2ccccc2)NC3=O)c2ccccc2n1. The van der Waals surface area contributed by atoms with Gasteiger partial charge in [-0.3, -0.25) is 14.3 Å². The van der Waals surface area contributed by atoms with Crippen LogP contribution in [-0.2, 0) is 29.0 Å². The lowest BCUT2D eigenvalue weighted by atomic mass is 9.73. The van der Waals surface area contributed by atoms with Crippen LogP contribution in [0.1, 0.15) is 36.3 Å². The molecule has 2 N–H and O–H groups in total. The van der Waals surface area contributed by atoms with Crippen LogP contribution in [-0.4, -0.2) is 62.5 Å². The number of hydrogen-bond acceptors (Lipinski definition) is 7. The molecule has 2 aromatic heterocycles. The summed E-state index contributed by atoms with van der Waals surface area (Å²) in [6, 6.07) is 17.2. The molecule has 2 aromatic carbocycles. The minimum Gasteiger partial charge on any atom is -0.356 e. The van der Waals surface area contributed by atoms with E-state index in [0.29, 0.717) is 51.9 Å². The monoisotopic (exact) mass is 538 g/mol. The highest BCUT2D eigenvalue weighted by atomic mass is 16.2. The lowest BCUT2D eigenvalue weighted by Crippen LogP contribution is -2.56. The molecule has 0 aliphatic carbocycles. The zero-order chi connectivity index (χ0) is 27.5. The van der Waals surface area contributed by atoms with Crippen LogP contribution >= 0.6 is 0 Å². The summed E-state index contributed by atoms with van der Waals surface area (Å²) >= 11 is 0. The Labute approximate surface area is 233 Å². The van der Waals surface area contributed by atoms with Gasteiger partial charge in [-0.15, -0.1) is 5.10 Å². The minimum atomic E-state index is -0.724. The topological polar surface area (TPSA) is 118 Å². The second-order valence-corrected chi connectivity index (χ2v) is 10.9. The number of fused-ring (bicyclic) bond motifs is 3. The number of nitrogens with one attached hydrogen (secondary N) is 2. The number of hydrogen-bond donors (Lipinski definition) is 2. The van der Waals surface area contributed by atoms with Crippen molar-refractivity contribution in [2.75, 3.05) is 24.5 Å². The number of piperidine rings is 1. The molecule has 40 heavy (non-hydrogen) atoms. The van der Waals surface area contributed by atoms with Crippen molar-refractivity contribution < 1.29 is 9.59 Å². The fourth-order valence-corrected chi connectivity index (χ4v) is 5.87. The first kappa shape index (κ1) is 25.9. The molecule has 1 fully saturated rings. The number of carbonyl (C=O) groups is 2. The number of aryl methyl sites for hydroxylation is 2. The lowest BCUT2D eigenvalue weighted by molar-refractivity contribution is -0.136. The highest BCUT2D eigenvalue weighted by molar-refractivity contribution is 5.92. The van der Waals surface area contributed by atoms with Crippen molar-refractivity contribution in [1.29, 1.82) is 0 Å². The Kier molecular flexibility index (Phi) is 7.15. The molecule has 0 unspecified atom stereocenters. The molecular weight excluding hydrogens is 504 g/mol. The zero-order valence-electron chi connectivity index (χ0n) is 22.7. The van der Waals surface area contributed by atoms with Crippen molar-refractivity contribution in [2.24, 2.45) is 5.41 Å². The molecule has 2 aliphatic rings. The van der Waals surface area contributed by atoms with E-state index in [-0.39, 0.29) is 11.8 Å². The molecule has 206 valence electrons. The van der Waals surface area contributed by atoms with Gasteiger partial charge in [0, 0.05) is 50.6 Å². The third-order valence-electron chi connectivity index (χ3n) is 8.07. The van der Waals surface area contributed by atoms with Gasteiger partial charge < -0.3 is 15.5 Å². The third-order valence-corrected chi connectivity index (χ3v) is 8.07. The number of carbonyl (C=O) groups excluding carboxylic acids is 2. The number of amides is 2. The number of anilines is 1. The summed E-state index contributed by atoms with van der Waals surface area (Å²) in [6.07, 6.45) is 4.76. The molecule has 1 atom stereocenters. The average molecular weight is 539 g/mol. The van der Waals surface area contributed by atoms with E-state index < -0.39 is 11.5 Å². The predicted molar refractivity (Wildman–Crippen MR) is 152 cm³/mol. The van der Waals surface area contributed by atoms with E-state index >= 15 is 0 Å². The highest BCUT2D eigenvalue weighted by Gasteiger charge is 2.44. The summed E-state index contributed by atoms with van der Waals surface area (Å²) in [7, 11) is 0. The van der Waals surface area contributed by atoms with Crippen LogP contribution in [0.3, 0.4) is 0 Å². The van der Waals surface area contributed by atoms with Crippen molar-refractivity contribution in [3.8, 4) is 0 Å². The van der Waals surface area contributed by atoms with E-state index in [1.54, 1.807) is 4.68 Å². The maximum Gasteiger partial charge on any atom is 0.242 e. The van der Waals surface area contributed by atoms with Crippen LogP contribution in [0.25, 0.3) is 10.9 Å². The van der Waals surface area contributed by atoms with Crippen molar-refractivity contribution in [3.63, 3.8) is 0 Å². The van der Waals surface area contributed by atoms with Gasteiger partial charge >= 0.3 is 0 Å². The average Bonchev–Trinajstić information content (AvgIpc) is 3.41. The summed E-state index contributed by atoms with van der Waals surface area (Å²) < 4.78 is 1.80. The number of nitrogens with zero attached hydrogens (tertiary/aromatic N) is 6. The van der Waals surface area contributed by atoms with Gasteiger partial charge in [-0.05, 0) is 43.9 Å². The largest absolute Gasteiger partial charge is 0.356 e. The van der Waals surface area contributed by atoms with Crippen LogP contribution in [0, 0.1) is 12.3 Å². The normalized spacial score (nSPS) is 19.8. The fraction of sp³-hybridized carbons (Fsp3) is 0.400. The summed E-state index contributed by atoms with van der Waals surface area (Å²) in [6.45, 7) is 4.36. The first-order valence-electron chi connectivity index (χ1n) is 14.0. The Bertz CT molecular complexity index is 1510. The van der Waals surface area contributed by atoms with Gasteiger partial charge in [0.1, 0.15) is 17.7 Å². The summed E-state index contributed by atoms with van der Waals surface area (Å²) in [5, 5.41) is 15.9. The van der Waals surface area contributed by atoms with E-state index in [1.165, 1.54) is 0 Å². The van der Waals surface area contributed by atoms with E-state index in [9.17, 15) is 9.59 Å². The van der Waals surface area contributed by atoms with Crippen LogP contribution in [0.2, 0.25) is 0 Å². The summed E-state index contributed by atoms with van der Waals surface area (Å²) in [5.74, 6) is 1.35. The maximum atomic E-state index is 14.2. The quantitative estimate of drug-likeness (QED) is 0.412. The molecule has 2 bridgehead atoms. The van der Waals surface area contributed by atoms with Crippen molar-refractivity contribution in [3.05, 3.63) is 77.9 Å². The second kappa shape index (κ2) is 11.0. The molecule has 0 saturated carbocycles. The molecule has 4 aromatic rings. The number of aromatic nitrogens is 5. The summed E-state index contributed by atoms with van der Waals surface area (Å²) in [4.78, 5) is 39.1. The third kappa shape index (κ3) is 5.38. The Morgan fingerprint density at radius 2 is 1.75 bits per heavy atom. The van der Waals surface area contributed by atoms with Gasteiger partial charge in [0.05, 0.1) is 16.6 Å². The van der Waals surface area contributed by atoms with Crippen molar-refractivity contribution in [2.45, 2.75) is 51.6 Å². The first-order chi connectivity index (χ1) is 19.5. The first-order valence-corrected chi connectivity index (χ1v) is 14.0. The zero-order valence-corrected chi connectivity index (χ0v) is 22.7. The molecule has 1 spiro atoms. The molecule has 10 heteroatoms. The molecule has 0 radical (unpaired) electrons. The smallest absolute Gasteiger partial charge is 0.242 e. The predicted octanol–water partition coefficient (Wildman–Crippen LogP) is 2.61. The van der Waals surface area contributed by atoms with Crippen molar-refractivity contribution >= 4 is 28.5 Å². The van der Waals surface area contributed by atoms with Gasteiger partial charge in [-0.2, -0.15) is 0 Å². The molecule has 6 rings (SSSR count). The Balaban J connectivity index is 1.30. The highest BCUT2D eigenvalue weighted by Crippen LogP contribution is 2.38. The van der Waals surface area contributed by atoms with Crippen molar-refractivity contribution in [1.82, 2.24) is 35.6 Å².